The van der Waals surface area contributed by atoms with Gasteiger partial charge < -0.3 is 14.2 Å². The van der Waals surface area contributed by atoms with E-state index >= 15 is 0 Å². The maximum Gasteiger partial charge on any atom is 0.151 e. The second-order valence-electron chi connectivity index (χ2n) is 3.58. The molecule has 0 aromatic carbocycles. The molecule has 0 bridgehead atoms. The second kappa shape index (κ2) is 4.94. The largest absolute Gasteiger partial charge is 0.376 e. The van der Waals surface area contributed by atoms with Crippen LogP contribution in [0, 0.1) is 6.10 Å². The van der Waals surface area contributed by atoms with E-state index in [0.29, 0.717) is 13.2 Å². The minimum atomic E-state index is 0.197. The van der Waals surface area contributed by atoms with Gasteiger partial charge in [-0.25, -0.2) is 0 Å². The van der Waals surface area contributed by atoms with Gasteiger partial charge in [0.2, 0.25) is 0 Å². The summed E-state index contributed by atoms with van der Waals surface area (Å²) in [7, 11) is 0. The van der Waals surface area contributed by atoms with Gasteiger partial charge >= 0.3 is 0 Å². The number of rotatable bonds is 1. The molecule has 1 radical (unpaired) electrons. The third-order valence-electron chi connectivity index (χ3n) is 2.55. The molecule has 3 nitrogen and oxygen atoms in total. The summed E-state index contributed by atoms with van der Waals surface area (Å²) >= 11 is 0. The molecular formula is C10H17O3. The molecule has 2 aliphatic heterocycles. The van der Waals surface area contributed by atoms with Crippen LogP contribution in [0.25, 0.3) is 0 Å². The van der Waals surface area contributed by atoms with Crippen molar-refractivity contribution in [1.82, 2.24) is 0 Å². The molecule has 75 valence electrons. The van der Waals surface area contributed by atoms with Crippen molar-refractivity contribution >= 4 is 0 Å². The van der Waals surface area contributed by atoms with E-state index in [0.717, 1.165) is 25.7 Å². The second-order valence-corrected chi connectivity index (χ2v) is 3.58. The van der Waals surface area contributed by atoms with Crippen LogP contribution in [-0.2, 0) is 14.2 Å². The molecule has 13 heavy (non-hydrogen) atoms. The molecule has 2 heterocycles. The third kappa shape index (κ3) is 2.66. The lowest BCUT2D eigenvalue weighted by molar-refractivity contribution is -0.0861. The first kappa shape index (κ1) is 9.44. The van der Waals surface area contributed by atoms with E-state index in [-0.39, 0.29) is 6.10 Å². The zero-order valence-electron chi connectivity index (χ0n) is 7.96. The molecular weight excluding hydrogens is 168 g/mol. The van der Waals surface area contributed by atoms with E-state index in [1.807, 2.05) is 0 Å². The molecule has 0 amide bonds. The Kier molecular flexibility index (Phi) is 3.58. The van der Waals surface area contributed by atoms with Gasteiger partial charge in [-0.1, -0.05) is 12.8 Å². The zero-order valence-corrected chi connectivity index (χ0v) is 7.96. The Labute approximate surface area is 79.4 Å². The van der Waals surface area contributed by atoms with Crippen molar-refractivity contribution in [3.05, 3.63) is 6.10 Å². The molecule has 0 aromatic rings. The maximum atomic E-state index is 5.70. The van der Waals surface area contributed by atoms with Gasteiger partial charge in [0.15, 0.2) is 6.10 Å². The highest BCUT2D eigenvalue weighted by Crippen LogP contribution is 2.24. The first-order valence-electron chi connectivity index (χ1n) is 5.15. The van der Waals surface area contributed by atoms with Gasteiger partial charge in [0.1, 0.15) is 0 Å². The van der Waals surface area contributed by atoms with Crippen molar-refractivity contribution in [2.75, 3.05) is 26.4 Å². The summed E-state index contributed by atoms with van der Waals surface area (Å²) in [4.78, 5) is 0. The third-order valence-corrected chi connectivity index (χ3v) is 2.55. The predicted octanol–water partition coefficient (Wildman–Crippen LogP) is 1.52. The quantitative estimate of drug-likeness (QED) is 0.620. The molecule has 2 rings (SSSR count). The molecule has 2 saturated heterocycles. The van der Waals surface area contributed by atoms with Gasteiger partial charge in [0.05, 0.1) is 25.9 Å². The van der Waals surface area contributed by atoms with Crippen LogP contribution >= 0.6 is 0 Å². The number of hydrogen-bond acceptors (Lipinski definition) is 3. The van der Waals surface area contributed by atoms with Crippen molar-refractivity contribution in [3.63, 3.8) is 0 Å². The van der Waals surface area contributed by atoms with E-state index in [9.17, 15) is 0 Å². The lowest BCUT2D eigenvalue weighted by atomic mass is 10.1. The normalized spacial score (nSPS) is 32.8. The summed E-state index contributed by atoms with van der Waals surface area (Å²) in [5.74, 6) is 0. The Bertz CT molecular complexity index is 135. The predicted molar refractivity (Wildman–Crippen MR) is 48.2 cm³/mol. The van der Waals surface area contributed by atoms with Gasteiger partial charge in [-0.3, -0.25) is 0 Å². The average Bonchev–Trinajstić information content (AvgIpc) is 2.47. The van der Waals surface area contributed by atoms with E-state index < -0.39 is 0 Å². The molecule has 1 unspecified atom stereocenters. The summed E-state index contributed by atoms with van der Waals surface area (Å²) in [5, 5.41) is 0. The first-order valence-corrected chi connectivity index (χ1v) is 5.15. The van der Waals surface area contributed by atoms with Crippen LogP contribution in [0.4, 0.5) is 0 Å². The van der Waals surface area contributed by atoms with Crippen LogP contribution in [0.3, 0.4) is 0 Å². The summed E-state index contributed by atoms with van der Waals surface area (Å²) in [6, 6.07) is 0. The van der Waals surface area contributed by atoms with E-state index in [1.165, 1.54) is 19.3 Å². The van der Waals surface area contributed by atoms with Crippen LogP contribution in [0.2, 0.25) is 0 Å². The lowest BCUT2D eigenvalue weighted by Crippen LogP contribution is -2.32. The van der Waals surface area contributed by atoms with Crippen LogP contribution in [0.5, 0.6) is 0 Å². The van der Waals surface area contributed by atoms with Crippen molar-refractivity contribution in [3.8, 4) is 0 Å². The van der Waals surface area contributed by atoms with Gasteiger partial charge in [-0.2, -0.15) is 0 Å². The standard InChI is InChI=1S/C10H17O3/c1-2-4-9(12-5-3-1)10-8-11-6-7-13-10/h9H,1-8H2. The summed E-state index contributed by atoms with van der Waals surface area (Å²) < 4.78 is 16.6. The molecule has 0 N–H and O–H groups in total. The Balaban J connectivity index is 1.82. The van der Waals surface area contributed by atoms with Crippen molar-refractivity contribution in [2.24, 2.45) is 0 Å². The van der Waals surface area contributed by atoms with Gasteiger partial charge in [-0.15, -0.1) is 0 Å². The Morgan fingerprint density at radius 3 is 2.85 bits per heavy atom. The topological polar surface area (TPSA) is 27.7 Å². The first-order chi connectivity index (χ1) is 6.47. The molecule has 0 spiro atoms. The molecule has 2 fully saturated rings. The number of ether oxygens (including phenoxy) is 3. The van der Waals surface area contributed by atoms with Gasteiger partial charge in [0.25, 0.3) is 0 Å². The monoisotopic (exact) mass is 185 g/mol. The molecule has 1 atom stereocenters. The molecule has 0 saturated carbocycles. The maximum absolute atomic E-state index is 5.70. The SMILES string of the molecule is C1CCOC([C]2COCCO2)CC1. The van der Waals surface area contributed by atoms with Gasteiger partial charge in [0, 0.05) is 6.61 Å². The zero-order chi connectivity index (χ0) is 8.93. The highest BCUT2D eigenvalue weighted by Gasteiger charge is 2.27. The summed E-state index contributed by atoms with van der Waals surface area (Å²) in [6.45, 7) is 2.91. The van der Waals surface area contributed by atoms with Gasteiger partial charge in [-0.05, 0) is 12.8 Å². The molecule has 0 aliphatic carbocycles. The Morgan fingerprint density at radius 1 is 1.00 bits per heavy atom. The smallest absolute Gasteiger partial charge is 0.151 e. The lowest BCUT2D eigenvalue weighted by Gasteiger charge is -2.28. The van der Waals surface area contributed by atoms with Crippen LogP contribution in [0.15, 0.2) is 0 Å². The van der Waals surface area contributed by atoms with E-state index in [4.69, 9.17) is 14.2 Å². The Morgan fingerprint density at radius 2 is 2.00 bits per heavy atom. The van der Waals surface area contributed by atoms with Crippen molar-refractivity contribution < 1.29 is 14.2 Å². The van der Waals surface area contributed by atoms with Crippen molar-refractivity contribution in [1.29, 1.82) is 0 Å². The summed E-state index contributed by atoms with van der Waals surface area (Å²) in [5.41, 5.74) is 0. The van der Waals surface area contributed by atoms with Crippen molar-refractivity contribution in [2.45, 2.75) is 31.8 Å². The van der Waals surface area contributed by atoms with E-state index in [1.54, 1.807) is 0 Å². The van der Waals surface area contributed by atoms with Crippen LogP contribution in [-0.4, -0.2) is 32.5 Å². The Hall–Kier alpha value is -0.120. The van der Waals surface area contributed by atoms with Crippen LogP contribution in [0.1, 0.15) is 25.7 Å². The molecule has 3 heteroatoms. The molecule has 0 aromatic heterocycles. The van der Waals surface area contributed by atoms with Crippen LogP contribution < -0.4 is 0 Å². The average molecular weight is 185 g/mol. The highest BCUT2D eigenvalue weighted by atomic mass is 16.6. The number of hydrogen-bond donors (Lipinski definition) is 0. The fraction of sp³-hybridized carbons (Fsp3) is 0.900. The minimum Gasteiger partial charge on any atom is -0.376 e. The minimum absolute atomic E-state index is 0.197. The fourth-order valence-corrected chi connectivity index (χ4v) is 1.80. The van der Waals surface area contributed by atoms with E-state index in [2.05, 4.69) is 0 Å². The highest BCUT2D eigenvalue weighted by molar-refractivity contribution is 4.91. The summed E-state index contributed by atoms with van der Waals surface area (Å²) in [6.07, 6.45) is 6.02. The molecule has 2 aliphatic rings. The fourth-order valence-electron chi connectivity index (χ4n) is 1.80.